The molecule has 136 valence electrons. The highest BCUT2D eigenvalue weighted by atomic mass is 16.5. The summed E-state index contributed by atoms with van der Waals surface area (Å²) in [5, 5.41) is 6.70. The Morgan fingerprint density at radius 3 is 2.70 bits per heavy atom. The average molecular weight is 328 g/mol. The van der Waals surface area contributed by atoms with Crippen molar-refractivity contribution in [3.8, 4) is 0 Å². The molecular weight excluding hydrogens is 290 g/mol. The van der Waals surface area contributed by atoms with E-state index in [-0.39, 0.29) is 0 Å². The number of hydrogen-bond acceptors (Lipinski definition) is 3. The third-order valence-electron chi connectivity index (χ3n) is 4.01. The van der Waals surface area contributed by atoms with Crippen LogP contribution in [0.25, 0.3) is 0 Å². The van der Waals surface area contributed by atoms with E-state index < -0.39 is 0 Å². The van der Waals surface area contributed by atoms with Gasteiger partial charge in [0.1, 0.15) is 0 Å². The molecule has 23 heavy (non-hydrogen) atoms. The van der Waals surface area contributed by atoms with Gasteiger partial charge < -0.3 is 20.1 Å². The van der Waals surface area contributed by atoms with E-state index in [9.17, 15) is 0 Å². The zero-order valence-electron chi connectivity index (χ0n) is 15.4. The van der Waals surface area contributed by atoms with Crippen LogP contribution in [0, 0.1) is 11.8 Å². The summed E-state index contributed by atoms with van der Waals surface area (Å²) in [5.41, 5.74) is 0. The molecule has 5 nitrogen and oxygen atoms in total. The summed E-state index contributed by atoms with van der Waals surface area (Å²) < 4.78 is 11.1. The molecule has 0 aromatic rings. The van der Waals surface area contributed by atoms with Crippen molar-refractivity contribution >= 4 is 5.96 Å². The first-order valence-electron chi connectivity index (χ1n) is 9.40. The van der Waals surface area contributed by atoms with Crippen molar-refractivity contribution in [3.05, 3.63) is 0 Å². The van der Waals surface area contributed by atoms with Crippen molar-refractivity contribution < 1.29 is 9.47 Å². The molecule has 0 atom stereocenters. The molecular formula is C18H37N3O2. The van der Waals surface area contributed by atoms with Crippen LogP contribution in [0.5, 0.6) is 0 Å². The molecule has 1 heterocycles. The molecule has 0 radical (unpaired) electrons. The van der Waals surface area contributed by atoms with Gasteiger partial charge >= 0.3 is 0 Å². The van der Waals surface area contributed by atoms with Gasteiger partial charge in [0.15, 0.2) is 5.96 Å². The minimum absolute atomic E-state index is 0.687. The van der Waals surface area contributed by atoms with Crippen LogP contribution in [0.1, 0.15) is 52.9 Å². The lowest BCUT2D eigenvalue weighted by Gasteiger charge is -2.21. The zero-order valence-corrected chi connectivity index (χ0v) is 15.4. The molecule has 0 aromatic heterocycles. The topological polar surface area (TPSA) is 54.9 Å². The summed E-state index contributed by atoms with van der Waals surface area (Å²) in [7, 11) is 0. The van der Waals surface area contributed by atoms with Gasteiger partial charge in [-0.15, -0.1) is 0 Å². The van der Waals surface area contributed by atoms with E-state index >= 15 is 0 Å². The number of nitrogens with zero attached hydrogens (tertiary/aromatic N) is 1. The van der Waals surface area contributed by atoms with Crippen LogP contribution in [0.3, 0.4) is 0 Å². The summed E-state index contributed by atoms with van der Waals surface area (Å²) in [6, 6.07) is 0. The average Bonchev–Trinajstić information content (AvgIpc) is 2.55. The second kappa shape index (κ2) is 13.6. The van der Waals surface area contributed by atoms with Gasteiger partial charge in [0, 0.05) is 46.1 Å². The van der Waals surface area contributed by atoms with Crippen molar-refractivity contribution in [3.63, 3.8) is 0 Å². The fourth-order valence-electron chi connectivity index (χ4n) is 2.58. The van der Waals surface area contributed by atoms with Gasteiger partial charge in [0.25, 0.3) is 0 Å². The summed E-state index contributed by atoms with van der Waals surface area (Å²) >= 11 is 0. The Morgan fingerprint density at radius 1 is 1.22 bits per heavy atom. The van der Waals surface area contributed by atoms with E-state index in [0.717, 1.165) is 77.2 Å². The quantitative estimate of drug-likeness (QED) is 0.348. The second-order valence-electron chi connectivity index (χ2n) is 6.71. The molecule has 1 fully saturated rings. The monoisotopic (exact) mass is 327 g/mol. The predicted molar refractivity (Wildman–Crippen MR) is 97.0 cm³/mol. The number of rotatable bonds is 11. The van der Waals surface area contributed by atoms with Gasteiger partial charge in [-0.2, -0.15) is 0 Å². The van der Waals surface area contributed by atoms with E-state index in [1.807, 2.05) is 0 Å². The highest BCUT2D eigenvalue weighted by Crippen LogP contribution is 2.14. The third-order valence-corrected chi connectivity index (χ3v) is 4.01. The summed E-state index contributed by atoms with van der Waals surface area (Å²) in [4.78, 5) is 4.61. The maximum atomic E-state index is 5.77. The molecule has 0 unspecified atom stereocenters. The Labute approximate surface area is 142 Å². The SMILES string of the molecule is CCNC(=NCCCOCC1CCOCC1)NCCCC(C)C. The Bertz CT molecular complexity index is 303. The lowest BCUT2D eigenvalue weighted by atomic mass is 10.0. The fourth-order valence-corrected chi connectivity index (χ4v) is 2.58. The Balaban J connectivity index is 2.05. The Kier molecular flexibility index (Phi) is 12.0. The molecule has 0 saturated carbocycles. The number of nitrogens with one attached hydrogen (secondary N) is 2. The number of ether oxygens (including phenoxy) is 2. The molecule has 1 aliphatic heterocycles. The van der Waals surface area contributed by atoms with Crippen LogP contribution >= 0.6 is 0 Å². The molecule has 1 rings (SSSR count). The zero-order chi connectivity index (χ0) is 16.8. The van der Waals surface area contributed by atoms with Crippen LogP contribution in [-0.4, -0.2) is 52.0 Å². The number of guanidine groups is 1. The molecule has 0 aromatic carbocycles. The molecule has 2 N–H and O–H groups in total. The number of hydrogen-bond donors (Lipinski definition) is 2. The van der Waals surface area contributed by atoms with Crippen molar-refractivity contribution in [1.82, 2.24) is 10.6 Å². The van der Waals surface area contributed by atoms with E-state index in [0.29, 0.717) is 5.92 Å². The minimum Gasteiger partial charge on any atom is -0.381 e. The summed E-state index contributed by atoms with van der Waals surface area (Å²) in [6.07, 6.45) is 5.71. The van der Waals surface area contributed by atoms with E-state index in [2.05, 4.69) is 36.4 Å². The molecule has 0 spiro atoms. The Hall–Kier alpha value is -0.810. The van der Waals surface area contributed by atoms with Gasteiger partial charge in [0.2, 0.25) is 0 Å². The molecule has 0 aliphatic carbocycles. The first-order valence-corrected chi connectivity index (χ1v) is 9.40. The van der Waals surface area contributed by atoms with Crippen LogP contribution < -0.4 is 10.6 Å². The molecule has 0 bridgehead atoms. The predicted octanol–water partition coefficient (Wildman–Crippen LogP) is 2.81. The van der Waals surface area contributed by atoms with Gasteiger partial charge in [-0.25, -0.2) is 0 Å². The molecule has 0 amide bonds. The van der Waals surface area contributed by atoms with E-state index in [1.54, 1.807) is 0 Å². The van der Waals surface area contributed by atoms with Crippen LogP contribution in [-0.2, 0) is 9.47 Å². The van der Waals surface area contributed by atoms with Crippen molar-refractivity contribution in [2.24, 2.45) is 16.8 Å². The van der Waals surface area contributed by atoms with Gasteiger partial charge in [-0.1, -0.05) is 13.8 Å². The van der Waals surface area contributed by atoms with E-state index in [1.165, 1.54) is 12.8 Å². The third kappa shape index (κ3) is 11.4. The van der Waals surface area contributed by atoms with Gasteiger partial charge in [-0.05, 0) is 50.9 Å². The van der Waals surface area contributed by atoms with Crippen LogP contribution in [0.15, 0.2) is 4.99 Å². The maximum Gasteiger partial charge on any atom is 0.191 e. The van der Waals surface area contributed by atoms with Gasteiger partial charge in [0.05, 0.1) is 0 Å². The smallest absolute Gasteiger partial charge is 0.191 e. The van der Waals surface area contributed by atoms with E-state index in [4.69, 9.17) is 9.47 Å². The highest BCUT2D eigenvalue weighted by Gasteiger charge is 2.13. The number of aliphatic imine (C=N–C) groups is 1. The first kappa shape index (κ1) is 20.2. The molecule has 5 heteroatoms. The molecule has 1 saturated heterocycles. The van der Waals surface area contributed by atoms with Crippen molar-refractivity contribution in [2.75, 3.05) is 46.1 Å². The van der Waals surface area contributed by atoms with Crippen molar-refractivity contribution in [2.45, 2.75) is 52.9 Å². The summed E-state index contributed by atoms with van der Waals surface area (Å²) in [6.45, 7) is 12.8. The summed E-state index contributed by atoms with van der Waals surface area (Å²) in [5.74, 6) is 2.39. The highest BCUT2D eigenvalue weighted by molar-refractivity contribution is 5.79. The standard InChI is InChI=1S/C18H37N3O2/c1-4-19-18(20-10-5-7-16(2)3)21-11-6-12-23-15-17-8-13-22-14-9-17/h16-17H,4-15H2,1-3H3,(H2,19,20,21). The van der Waals surface area contributed by atoms with Gasteiger partial charge in [-0.3, -0.25) is 4.99 Å². The first-order chi connectivity index (χ1) is 11.2. The maximum absolute atomic E-state index is 5.77. The fraction of sp³-hybridized carbons (Fsp3) is 0.944. The normalized spacial score (nSPS) is 16.8. The Morgan fingerprint density at radius 2 is 2.00 bits per heavy atom. The molecule has 1 aliphatic rings. The lowest BCUT2D eigenvalue weighted by molar-refractivity contribution is 0.0205. The lowest BCUT2D eigenvalue weighted by Crippen LogP contribution is -2.38. The van der Waals surface area contributed by atoms with Crippen LogP contribution in [0.2, 0.25) is 0 Å². The van der Waals surface area contributed by atoms with Crippen LogP contribution in [0.4, 0.5) is 0 Å². The largest absolute Gasteiger partial charge is 0.381 e. The van der Waals surface area contributed by atoms with Crippen molar-refractivity contribution in [1.29, 1.82) is 0 Å². The minimum atomic E-state index is 0.687. The second-order valence-corrected chi connectivity index (χ2v) is 6.71.